The largest absolute Gasteiger partial charge is 0.457 e. The lowest BCUT2D eigenvalue weighted by Gasteiger charge is -2.10. The molecule has 0 amide bonds. The Morgan fingerprint density at radius 1 is 1.06 bits per heavy atom. The molecule has 0 fully saturated rings. The Kier molecular flexibility index (Phi) is 4.35. The first-order valence-corrected chi connectivity index (χ1v) is 6.99. The number of ether oxygens (including phenoxy) is 1. The highest BCUT2D eigenvalue weighted by molar-refractivity contribution is 9.10. The summed E-state index contributed by atoms with van der Waals surface area (Å²) in [6, 6.07) is 8.93. The minimum atomic E-state index is -0.427. The Balaban J connectivity index is 2.34. The third-order valence-electron chi connectivity index (χ3n) is 2.33. The molecule has 0 saturated carbocycles. The Labute approximate surface area is 120 Å². The van der Waals surface area contributed by atoms with Crippen LogP contribution in [0.4, 0.5) is 8.78 Å². The summed E-state index contributed by atoms with van der Waals surface area (Å²) in [5, 5.41) is 0.327. The highest BCUT2D eigenvalue weighted by atomic mass is 79.9. The smallest absolute Gasteiger partial charge is 0.141 e. The number of alkyl halides is 1. The second kappa shape index (κ2) is 5.80. The number of rotatable bonds is 3. The maximum atomic E-state index is 13.5. The average Bonchev–Trinajstić information content (AvgIpc) is 2.34. The van der Waals surface area contributed by atoms with Crippen LogP contribution in [-0.4, -0.2) is 0 Å². The summed E-state index contributed by atoms with van der Waals surface area (Å²) in [5.74, 6) is -0.0941. The molecule has 1 nitrogen and oxygen atoms in total. The van der Waals surface area contributed by atoms with Gasteiger partial charge in [0, 0.05) is 17.0 Å². The van der Waals surface area contributed by atoms with Crippen LogP contribution in [0.2, 0.25) is 0 Å². The molecule has 2 aromatic carbocycles. The molecule has 0 heterocycles. The van der Waals surface area contributed by atoms with Crippen molar-refractivity contribution in [3.8, 4) is 11.5 Å². The normalized spacial score (nSPS) is 10.4. The maximum Gasteiger partial charge on any atom is 0.141 e. The minimum absolute atomic E-state index is 0.323. The van der Waals surface area contributed by atoms with E-state index in [1.54, 1.807) is 18.2 Å². The van der Waals surface area contributed by atoms with Crippen LogP contribution in [0, 0.1) is 11.6 Å². The van der Waals surface area contributed by atoms with Gasteiger partial charge in [-0.25, -0.2) is 8.78 Å². The summed E-state index contributed by atoms with van der Waals surface area (Å²) in [6.45, 7) is 0. The first kappa shape index (κ1) is 13.5. The molecule has 18 heavy (non-hydrogen) atoms. The molecule has 0 saturated heterocycles. The molecular weight excluding hydrogens is 370 g/mol. The second-order valence-corrected chi connectivity index (χ2v) is 4.94. The van der Waals surface area contributed by atoms with Crippen LogP contribution in [-0.2, 0) is 5.33 Å². The highest BCUT2D eigenvalue weighted by Crippen LogP contribution is 2.30. The monoisotopic (exact) mass is 376 g/mol. The van der Waals surface area contributed by atoms with E-state index in [4.69, 9.17) is 4.74 Å². The fourth-order valence-corrected chi connectivity index (χ4v) is 2.22. The fraction of sp³-hybridized carbons (Fsp3) is 0.0769. The maximum absolute atomic E-state index is 13.5. The van der Waals surface area contributed by atoms with Crippen LogP contribution in [0.25, 0.3) is 0 Å². The zero-order valence-corrected chi connectivity index (χ0v) is 12.3. The third kappa shape index (κ3) is 2.90. The number of hydrogen-bond acceptors (Lipinski definition) is 1. The molecule has 0 aliphatic heterocycles. The van der Waals surface area contributed by atoms with E-state index in [1.807, 2.05) is 0 Å². The summed E-state index contributed by atoms with van der Waals surface area (Å²) in [7, 11) is 0. The standard InChI is InChI=1S/C13H8Br2F2O/c14-7-9-11(16)2-1-3-13(9)18-8-4-5-10(15)12(17)6-8/h1-6H,7H2. The lowest BCUT2D eigenvalue weighted by atomic mass is 10.2. The van der Waals surface area contributed by atoms with Crippen molar-refractivity contribution in [2.75, 3.05) is 0 Å². The lowest BCUT2D eigenvalue weighted by Crippen LogP contribution is -1.93. The van der Waals surface area contributed by atoms with Crippen LogP contribution in [0.15, 0.2) is 40.9 Å². The summed E-state index contributed by atoms with van der Waals surface area (Å²) < 4.78 is 32.7. The predicted molar refractivity (Wildman–Crippen MR) is 73.2 cm³/mol. The molecule has 0 N–H and O–H groups in total. The van der Waals surface area contributed by atoms with Gasteiger partial charge in [-0.1, -0.05) is 22.0 Å². The van der Waals surface area contributed by atoms with Crippen molar-refractivity contribution in [2.45, 2.75) is 5.33 Å². The SMILES string of the molecule is Fc1cc(Oc2cccc(F)c2CBr)ccc1Br. The molecule has 2 rings (SSSR count). The molecule has 0 radical (unpaired) electrons. The second-order valence-electron chi connectivity index (χ2n) is 3.53. The van der Waals surface area contributed by atoms with Gasteiger partial charge < -0.3 is 4.74 Å². The van der Waals surface area contributed by atoms with Gasteiger partial charge in [-0.05, 0) is 40.2 Å². The topological polar surface area (TPSA) is 9.23 Å². The van der Waals surface area contributed by atoms with Crippen molar-refractivity contribution in [3.05, 3.63) is 58.1 Å². The van der Waals surface area contributed by atoms with Gasteiger partial charge in [0.1, 0.15) is 23.1 Å². The summed E-state index contributed by atoms with van der Waals surface area (Å²) in [5.41, 5.74) is 0.404. The quantitative estimate of drug-likeness (QED) is 0.649. The average molecular weight is 378 g/mol. The third-order valence-corrected chi connectivity index (χ3v) is 3.53. The van der Waals surface area contributed by atoms with Crippen LogP contribution in [0.5, 0.6) is 11.5 Å². The molecule has 94 valence electrons. The molecule has 0 unspecified atom stereocenters. The van der Waals surface area contributed by atoms with Gasteiger partial charge in [-0.15, -0.1) is 0 Å². The van der Waals surface area contributed by atoms with E-state index in [0.29, 0.717) is 26.9 Å². The molecular formula is C13H8Br2F2O. The van der Waals surface area contributed by atoms with Crippen molar-refractivity contribution < 1.29 is 13.5 Å². The molecule has 0 spiro atoms. The van der Waals surface area contributed by atoms with E-state index in [-0.39, 0.29) is 5.82 Å². The van der Waals surface area contributed by atoms with Gasteiger partial charge in [0.15, 0.2) is 0 Å². The van der Waals surface area contributed by atoms with Gasteiger partial charge >= 0.3 is 0 Å². The van der Waals surface area contributed by atoms with E-state index in [9.17, 15) is 8.78 Å². The molecule has 0 bridgehead atoms. The van der Waals surface area contributed by atoms with E-state index >= 15 is 0 Å². The van der Waals surface area contributed by atoms with Crippen LogP contribution in [0.3, 0.4) is 0 Å². The van der Waals surface area contributed by atoms with Crippen molar-refractivity contribution in [3.63, 3.8) is 0 Å². The number of halogens is 4. The first-order chi connectivity index (χ1) is 8.61. The van der Waals surface area contributed by atoms with Gasteiger partial charge in [0.05, 0.1) is 4.47 Å². The van der Waals surface area contributed by atoms with Crippen molar-refractivity contribution in [1.29, 1.82) is 0 Å². The van der Waals surface area contributed by atoms with E-state index < -0.39 is 5.82 Å². The van der Waals surface area contributed by atoms with Crippen LogP contribution >= 0.6 is 31.9 Å². The molecule has 0 aromatic heterocycles. The molecule has 0 aliphatic rings. The van der Waals surface area contributed by atoms with Crippen LogP contribution < -0.4 is 4.74 Å². The van der Waals surface area contributed by atoms with Crippen molar-refractivity contribution in [1.82, 2.24) is 0 Å². The Morgan fingerprint density at radius 3 is 2.50 bits per heavy atom. The number of benzene rings is 2. The fourth-order valence-electron chi connectivity index (χ4n) is 1.43. The lowest BCUT2D eigenvalue weighted by molar-refractivity contribution is 0.465. The Morgan fingerprint density at radius 2 is 1.83 bits per heavy atom. The van der Waals surface area contributed by atoms with E-state index in [2.05, 4.69) is 31.9 Å². The van der Waals surface area contributed by atoms with E-state index in [1.165, 1.54) is 18.2 Å². The molecule has 0 atom stereocenters. The minimum Gasteiger partial charge on any atom is -0.457 e. The van der Waals surface area contributed by atoms with Crippen molar-refractivity contribution >= 4 is 31.9 Å². The molecule has 2 aromatic rings. The van der Waals surface area contributed by atoms with Crippen molar-refractivity contribution in [2.24, 2.45) is 0 Å². The molecule has 5 heteroatoms. The summed E-state index contributed by atoms with van der Waals surface area (Å²) >= 11 is 6.25. The predicted octanol–water partition coefficient (Wildman–Crippen LogP) is 5.41. The zero-order chi connectivity index (χ0) is 13.1. The number of hydrogen-bond donors (Lipinski definition) is 0. The van der Waals surface area contributed by atoms with Gasteiger partial charge in [0.2, 0.25) is 0 Å². The van der Waals surface area contributed by atoms with Crippen LogP contribution in [0.1, 0.15) is 5.56 Å². The van der Waals surface area contributed by atoms with E-state index in [0.717, 1.165) is 0 Å². The Hall–Kier alpha value is -0.940. The molecule has 0 aliphatic carbocycles. The summed E-state index contributed by atoms with van der Waals surface area (Å²) in [4.78, 5) is 0. The van der Waals surface area contributed by atoms with Gasteiger partial charge in [-0.2, -0.15) is 0 Å². The Bertz CT molecular complexity index is 573. The first-order valence-electron chi connectivity index (χ1n) is 5.08. The van der Waals surface area contributed by atoms with Gasteiger partial charge in [0.25, 0.3) is 0 Å². The summed E-state index contributed by atoms with van der Waals surface area (Å²) in [6.07, 6.45) is 0. The highest BCUT2D eigenvalue weighted by Gasteiger charge is 2.10. The van der Waals surface area contributed by atoms with Gasteiger partial charge in [-0.3, -0.25) is 0 Å². The zero-order valence-electron chi connectivity index (χ0n) is 9.09.